The van der Waals surface area contributed by atoms with Crippen LogP contribution in [-0.4, -0.2) is 24.8 Å². The van der Waals surface area contributed by atoms with Crippen LogP contribution in [0.5, 0.6) is 0 Å². The van der Waals surface area contributed by atoms with E-state index in [2.05, 4.69) is 48.1 Å². The van der Waals surface area contributed by atoms with Crippen LogP contribution >= 0.6 is 11.3 Å². The van der Waals surface area contributed by atoms with Gasteiger partial charge in [-0.1, -0.05) is 29.0 Å². The van der Waals surface area contributed by atoms with Crippen molar-refractivity contribution in [1.29, 1.82) is 0 Å². The van der Waals surface area contributed by atoms with Gasteiger partial charge in [0.05, 0.1) is 0 Å². The topological polar surface area (TPSA) is 56.0 Å². The standard InChI is InChI=1S/C17H15N5S/c1-10-7-11(2)14(12(3)8-10)15-19-20-17-22(15)21-16(23-17)13-5-4-6-18-9-13/h4-9H,1-3H3. The Kier molecular flexibility index (Phi) is 3.20. The Morgan fingerprint density at radius 2 is 1.83 bits per heavy atom. The molecule has 4 aromatic rings. The second-order valence-electron chi connectivity index (χ2n) is 5.64. The van der Waals surface area contributed by atoms with E-state index in [-0.39, 0.29) is 0 Å². The van der Waals surface area contributed by atoms with Crippen LogP contribution in [0.3, 0.4) is 0 Å². The maximum Gasteiger partial charge on any atom is 0.235 e. The molecule has 114 valence electrons. The SMILES string of the molecule is Cc1cc(C)c(-c2nnc3sc(-c4cccnc4)nn23)c(C)c1. The molecule has 3 aromatic heterocycles. The van der Waals surface area contributed by atoms with Crippen LogP contribution in [0.25, 0.3) is 26.9 Å². The predicted octanol–water partition coefficient (Wildman–Crippen LogP) is 3.84. The molecule has 0 amide bonds. The largest absolute Gasteiger partial charge is 0.264 e. The number of hydrogen-bond donors (Lipinski definition) is 0. The number of benzene rings is 1. The van der Waals surface area contributed by atoms with Gasteiger partial charge in [-0.3, -0.25) is 4.98 Å². The Morgan fingerprint density at radius 3 is 2.52 bits per heavy atom. The molecule has 3 heterocycles. The van der Waals surface area contributed by atoms with Crippen molar-refractivity contribution in [3.8, 4) is 22.0 Å². The van der Waals surface area contributed by atoms with Crippen LogP contribution in [0.4, 0.5) is 0 Å². The Balaban J connectivity index is 1.91. The van der Waals surface area contributed by atoms with Crippen molar-refractivity contribution < 1.29 is 0 Å². The zero-order chi connectivity index (χ0) is 16.0. The maximum absolute atomic E-state index is 4.69. The number of fused-ring (bicyclic) bond motifs is 1. The predicted molar refractivity (Wildman–Crippen MR) is 91.5 cm³/mol. The summed E-state index contributed by atoms with van der Waals surface area (Å²) in [5.74, 6) is 0.793. The molecular weight excluding hydrogens is 306 g/mol. The molecular formula is C17H15N5S. The molecule has 0 aliphatic rings. The van der Waals surface area contributed by atoms with Crippen LogP contribution in [0.1, 0.15) is 16.7 Å². The highest BCUT2D eigenvalue weighted by Gasteiger charge is 2.17. The molecule has 4 rings (SSSR count). The summed E-state index contributed by atoms with van der Waals surface area (Å²) in [6, 6.07) is 8.24. The Hall–Kier alpha value is -2.60. The van der Waals surface area contributed by atoms with Crippen molar-refractivity contribution in [2.45, 2.75) is 20.8 Å². The van der Waals surface area contributed by atoms with Gasteiger partial charge in [0, 0.05) is 23.5 Å². The molecule has 6 heteroatoms. The van der Waals surface area contributed by atoms with E-state index in [1.54, 1.807) is 6.20 Å². The van der Waals surface area contributed by atoms with Crippen LogP contribution in [-0.2, 0) is 0 Å². The molecule has 0 N–H and O–H groups in total. The van der Waals surface area contributed by atoms with Crippen molar-refractivity contribution in [3.05, 3.63) is 53.3 Å². The molecule has 23 heavy (non-hydrogen) atoms. The zero-order valence-electron chi connectivity index (χ0n) is 13.1. The molecule has 0 aliphatic carbocycles. The highest BCUT2D eigenvalue weighted by atomic mass is 32.1. The summed E-state index contributed by atoms with van der Waals surface area (Å²) in [7, 11) is 0. The molecule has 0 saturated carbocycles. The van der Waals surface area contributed by atoms with Crippen molar-refractivity contribution in [1.82, 2.24) is 24.8 Å². The summed E-state index contributed by atoms with van der Waals surface area (Å²) in [4.78, 5) is 4.95. The van der Waals surface area contributed by atoms with Crippen molar-refractivity contribution in [3.63, 3.8) is 0 Å². The highest BCUT2D eigenvalue weighted by molar-refractivity contribution is 7.19. The minimum atomic E-state index is 0.790. The van der Waals surface area contributed by atoms with Gasteiger partial charge >= 0.3 is 0 Å². The number of rotatable bonds is 2. The molecule has 0 radical (unpaired) electrons. The maximum atomic E-state index is 4.69. The molecule has 0 bridgehead atoms. The van der Waals surface area contributed by atoms with Gasteiger partial charge in [0.15, 0.2) is 5.82 Å². The lowest BCUT2D eigenvalue weighted by atomic mass is 9.99. The van der Waals surface area contributed by atoms with Gasteiger partial charge in [0.25, 0.3) is 0 Å². The summed E-state index contributed by atoms with van der Waals surface area (Å²) in [5, 5.41) is 14.2. The molecule has 0 fully saturated rings. The van der Waals surface area contributed by atoms with Gasteiger partial charge in [-0.25, -0.2) is 0 Å². The van der Waals surface area contributed by atoms with Gasteiger partial charge < -0.3 is 0 Å². The van der Waals surface area contributed by atoms with E-state index < -0.39 is 0 Å². The first-order chi connectivity index (χ1) is 11.1. The number of nitrogens with zero attached hydrogens (tertiary/aromatic N) is 5. The van der Waals surface area contributed by atoms with Crippen molar-refractivity contribution in [2.75, 3.05) is 0 Å². The van der Waals surface area contributed by atoms with E-state index in [1.807, 2.05) is 22.8 Å². The smallest absolute Gasteiger partial charge is 0.235 e. The monoisotopic (exact) mass is 321 g/mol. The Morgan fingerprint density at radius 1 is 1.04 bits per heavy atom. The summed E-state index contributed by atoms with van der Waals surface area (Å²) in [6.45, 7) is 6.31. The Bertz CT molecular complexity index is 977. The van der Waals surface area contributed by atoms with E-state index in [1.165, 1.54) is 28.0 Å². The lowest BCUT2D eigenvalue weighted by Gasteiger charge is -2.08. The molecule has 0 atom stereocenters. The fraction of sp³-hybridized carbons (Fsp3) is 0.176. The molecule has 1 aromatic carbocycles. The van der Waals surface area contributed by atoms with Crippen LogP contribution in [0, 0.1) is 20.8 Å². The zero-order valence-corrected chi connectivity index (χ0v) is 13.9. The van der Waals surface area contributed by atoms with E-state index in [4.69, 9.17) is 5.10 Å². The van der Waals surface area contributed by atoms with Crippen LogP contribution < -0.4 is 0 Å². The molecule has 0 saturated heterocycles. The lowest BCUT2D eigenvalue weighted by Crippen LogP contribution is -1.96. The van der Waals surface area contributed by atoms with Crippen LogP contribution in [0.2, 0.25) is 0 Å². The number of aryl methyl sites for hydroxylation is 3. The van der Waals surface area contributed by atoms with Gasteiger partial charge in [0.1, 0.15) is 5.01 Å². The quantitative estimate of drug-likeness (QED) is 0.563. The van der Waals surface area contributed by atoms with E-state index in [0.29, 0.717) is 0 Å². The minimum absolute atomic E-state index is 0.790. The third kappa shape index (κ3) is 2.31. The van der Waals surface area contributed by atoms with Crippen molar-refractivity contribution >= 4 is 16.3 Å². The van der Waals surface area contributed by atoms with E-state index in [9.17, 15) is 0 Å². The fourth-order valence-electron chi connectivity index (χ4n) is 2.91. The summed E-state index contributed by atoms with van der Waals surface area (Å²) >= 11 is 1.52. The third-order valence-electron chi connectivity index (χ3n) is 3.80. The van der Waals surface area contributed by atoms with Gasteiger partial charge in [0.2, 0.25) is 4.96 Å². The normalized spacial score (nSPS) is 11.3. The van der Waals surface area contributed by atoms with E-state index in [0.717, 1.165) is 26.9 Å². The lowest BCUT2D eigenvalue weighted by molar-refractivity contribution is 0.965. The molecule has 5 nitrogen and oxygen atoms in total. The average molecular weight is 321 g/mol. The first-order valence-electron chi connectivity index (χ1n) is 7.34. The second kappa shape index (κ2) is 5.24. The van der Waals surface area contributed by atoms with E-state index >= 15 is 0 Å². The van der Waals surface area contributed by atoms with Gasteiger partial charge in [-0.15, -0.1) is 10.2 Å². The Labute approximate surface area is 137 Å². The van der Waals surface area contributed by atoms with Crippen LogP contribution in [0.15, 0.2) is 36.7 Å². The highest BCUT2D eigenvalue weighted by Crippen LogP contribution is 2.31. The number of aromatic nitrogens is 5. The summed E-state index contributed by atoms with van der Waals surface area (Å²) in [6.07, 6.45) is 3.57. The first kappa shape index (κ1) is 14.0. The third-order valence-corrected chi connectivity index (χ3v) is 4.75. The summed E-state index contributed by atoms with van der Waals surface area (Å²) in [5.41, 5.74) is 5.72. The minimum Gasteiger partial charge on any atom is -0.264 e. The molecule has 0 unspecified atom stereocenters. The second-order valence-corrected chi connectivity index (χ2v) is 6.60. The van der Waals surface area contributed by atoms with Gasteiger partial charge in [-0.05, 0) is 44.0 Å². The first-order valence-corrected chi connectivity index (χ1v) is 8.16. The van der Waals surface area contributed by atoms with Gasteiger partial charge in [-0.2, -0.15) is 9.61 Å². The molecule has 0 spiro atoms. The summed E-state index contributed by atoms with van der Waals surface area (Å²) < 4.78 is 1.83. The number of pyridine rings is 1. The molecule has 0 aliphatic heterocycles. The fourth-order valence-corrected chi connectivity index (χ4v) is 3.74. The number of hydrogen-bond acceptors (Lipinski definition) is 5. The average Bonchev–Trinajstić information content (AvgIpc) is 3.09. The van der Waals surface area contributed by atoms with Crippen molar-refractivity contribution in [2.24, 2.45) is 0 Å².